The maximum absolute atomic E-state index is 12.7. The summed E-state index contributed by atoms with van der Waals surface area (Å²) in [6.45, 7) is 5.56. The zero-order valence-corrected chi connectivity index (χ0v) is 17.9. The molecule has 0 bridgehead atoms. The summed E-state index contributed by atoms with van der Waals surface area (Å²) < 4.78 is 28.7. The molecule has 0 spiro atoms. The fraction of sp³-hybridized carbons (Fsp3) is 0.550. The standard InChI is InChI=1S/C20H28N4O2S2/c1-16-6-2-3-7-18(16)19-15-22-20(27-19)21-14-17-8-12-24(13-9-17)28(25,26)23-10-4-5-11-23/h2-3,6-7,15,17H,4-5,8-14H2,1H3,(H,21,22). The molecule has 0 atom stereocenters. The summed E-state index contributed by atoms with van der Waals surface area (Å²) in [6, 6.07) is 8.35. The van der Waals surface area contributed by atoms with E-state index in [1.54, 1.807) is 19.9 Å². The van der Waals surface area contributed by atoms with E-state index in [-0.39, 0.29) is 0 Å². The summed E-state index contributed by atoms with van der Waals surface area (Å²) in [5.74, 6) is 0.482. The van der Waals surface area contributed by atoms with Gasteiger partial charge in [-0.25, -0.2) is 4.98 Å². The van der Waals surface area contributed by atoms with Crippen molar-refractivity contribution in [1.82, 2.24) is 13.6 Å². The summed E-state index contributed by atoms with van der Waals surface area (Å²) in [5.41, 5.74) is 2.48. The molecule has 1 aromatic heterocycles. The third-order valence-corrected chi connectivity index (χ3v) is 8.77. The van der Waals surface area contributed by atoms with Crippen LogP contribution in [0, 0.1) is 12.8 Å². The number of benzene rings is 1. The van der Waals surface area contributed by atoms with Crippen LogP contribution in [0.25, 0.3) is 10.4 Å². The molecule has 2 saturated heterocycles. The molecule has 0 radical (unpaired) electrons. The first-order valence-corrected chi connectivity index (χ1v) is 12.3. The molecule has 0 amide bonds. The third kappa shape index (κ3) is 4.25. The van der Waals surface area contributed by atoms with E-state index < -0.39 is 10.2 Å². The second-order valence-corrected chi connectivity index (χ2v) is 10.6. The average molecular weight is 421 g/mol. The minimum absolute atomic E-state index is 0.482. The fourth-order valence-electron chi connectivity index (χ4n) is 3.99. The number of aromatic nitrogens is 1. The molecule has 1 aromatic carbocycles. The second kappa shape index (κ2) is 8.49. The van der Waals surface area contributed by atoms with Gasteiger partial charge in [0.25, 0.3) is 10.2 Å². The predicted octanol–water partition coefficient (Wildman–Crippen LogP) is 3.58. The van der Waals surface area contributed by atoms with E-state index in [2.05, 4.69) is 41.5 Å². The van der Waals surface area contributed by atoms with Crippen LogP contribution in [-0.4, -0.2) is 54.7 Å². The van der Waals surface area contributed by atoms with Gasteiger partial charge in [-0.15, -0.1) is 0 Å². The second-order valence-electron chi connectivity index (χ2n) is 7.68. The summed E-state index contributed by atoms with van der Waals surface area (Å²) in [5, 5.41) is 4.40. The highest BCUT2D eigenvalue weighted by molar-refractivity contribution is 7.86. The van der Waals surface area contributed by atoms with E-state index >= 15 is 0 Å². The van der Waals surface area contributed by atoms with Crippen molar-refractivity contribution >= 4 is 26.7 Å². The van der Waals surface area contributed by atoms with E-state index in [4.69, 9.17) is 0 Å². The van der Waals surface area contributed by atoms with Gasteiger partial charge in [0.1, 0.15) is 0 Å². The maximum Gasteiger partial charge on any atom is 0.281 e. The number of rotatable bonds is 6. The van der Waals surface area contributed by atoms with Gasteiger partial charge in [-0.1, -0.05) is 35.6 Å². The third-order valence-electron chi connectivity index (χ3n) is 5.75. The quantitative estimate of drug-likeness (QED) is 0.776. The van der Waals surface area contributed by atoms with Crippen molar-refractivity contribution in [3.8, 4) is 10.4 Å². The smallest absolute Gasteiger partial charge is 0.281 e. The molecule has 0 aliphatic carbocycles. The molecule has 1 N–H and O–H groups in total. The van der Waals surface area contributed by atoms with E-state index in [0.29, 0.717) is 32.1 Å². The number of piperidine rings is 1. The van der Waals surface area contributed by atoms with Crippen LogP contribution in [0.3, 0.4) is 0 Å². The lowest BCUT2D eigenvalue weighted by Gasteiger charge is -2.33. The van der Waals surface area contributed by atoms with Gasteiger partial charge >= 0.3 is 0 Å². The van der Waals surface area contributed by atoms with Crippen molar-refractivity contribution in [1.29, 1.82) is 0 Å². The number of thiazole rings is 1. The number of aryl methyl sites for hydroxylation is 1. The van der Waals surface area contributed by atoms with E-state index in [0.717, 1.165) is 37.4 Å². The van der Waals surface area contributed by atoms with Crippen LogP contribution in [0.4, 0.5) is 5.13 Å². The Morgan fingerprint density at radius 3 is 2.50 bits per heavy atom. The summed E-state index contributed by atoms with van der Waals surface area (Å²) >= 11 is 1.68. The van der Waals surface area contributed by atoms with Gasteiger partial charge in [-0.3, -0.25) is 0 Å². The molecule has 2 aliphatic heterocycles. The lowest BCUT2D eigenvalue weighted by Crippen LogP contribution is -2.46. The van der Waals surface area contributed by atoms with Crippen molar-refractivity contribution < 1.29 is 8.42 Å². The normalized spacial score (nSPS) is 19.9. The maximum atomic E-state index is 12.7. The lowest BCUT2D eigenvalue weighted by molar-refractivity contribution is 0.266. The zero-order chi connectivity index (χ0) is 19.6. The number of anilines is 1. The molecule has 0 unspecified atom stereocenters. The van der Waals surface area contributed by atoms with Crippen molar-refractivity contribution in [2.75, 3.05) is 38.0 Å². The van der Waals surface area contributed by atoms with Crippen molar-refractivity contribution in [3.05, 3.63) is 36.0 Å². The first-order valence-electron chi connectivity index (χ1n) is 10.0. The van der Waals surface area contributed by atoms with Crippen molar-refractivity contribution in [2.45, 2.75) is 32.6 Å². The van der Waals surface area contributed by atoms with Crippen LogP contribution < -0.4 is 5.32 Å². The van der Waals surface area contributed by atoms with Crippen LogP contribution >= 0.6 is 11.3 Å². The van der Waals surface area contributed by atoms with Gasteiger partial charge in [0.15, 0.2) is 5.13 Å². The van der Waals surface area contributed by atoms with Gasteiger partial charge in [0.05, 0.1) is 4.88 Å². The minimum Gasteiger partial charge on any atom is -0.361 e. The molecule has 2 fully saturated rings. The van der Waals surface area contributed by atoms with Gasteiger partial charge in [0, 0.05) is 38.9 Å². The predicted molar refractivity (Wildman–Crippen MR) is 115 cm³/mol. The number of hydrogen-bond donors (Lipinski definition) is 1. The van der Waals surface area contributed by atoms with Gasteiger partial charge in [-0.2, -0.15) is 17.0 Å². The molecule has 0 saturated carbocycles. The molecule has 152 valence electrons. The molecule has 8 heteroatoms. The Bertz CT molecular complexity index is 898. The molecule has 2 aromatic rings. The van der Waals surface area contributed by atoms with E-state index in [9.17, 15) is 8.42 Å². The summed E-state index contributed by atoms with van der Waals surface area (Å²) in [7, 11) is -3.25. The number of nitrogens with zero attached hydrogens (tertiary/aromatic N) is 3. The number of nitrogens with one attached hydrogen (secondary N) is 1. The van der Waals surface area contributed by atoms with Crippen molar-refractivity contribution in [3.63, 3.8) is 0 Å². The van der Waals surface area contributed by atoms with Gasteiger partial charge < -0.3 is 5.32 Å². The highest BCUT2D eigenvalue weighted by Gasteiger charge is 2.34. The first-order chi connectivity index (χ1) is 13.5. The number of hydrogen-bond acceptors (Lipinski definition) is 5. The Labute approximate surface area is 171 Å². The molecular weight excluding hydrogens is 392 g/mol. The largest absolute Gasteiger partial charge is 0.361 e. The molecule has 3 heterocycles. The molecular formula is C20H28N4O2S2. The van der Waals surface area contributed by atoms with Crippen LogP contribution in [0.1, 0.15) is 31.2 Å². The average Bonchev–Trinajstić information content (AvgIpc) is 3.40. The van der Waals surface area contributed by atoms with E-state index in [1.165, 1.54) is 16.0 Å². The molecule has 2 aliphatic rings. The Balaban J connectivity index is 1.29. The van der Waals surface area contributed by atoms with Gasteiger partial charge in [0.2, 0.25) is 0 Å². The highest BCUT2D eigenvalue weighted by atomic mass is 32.2. The summed E-state index contributed by atoms with van der Waals surface area (Å²) in [4.78, 5) is 5.69. The fourth-order valence-corrected chi connectivity index (χ4v) is 6.62. The monoisotopic (exact) mass is 420 g/mol. The van der Waals surface area contributed by atoms with E-state index in [1.807, 2.05) is 6.20 Å². The van der Waals surface area contributed by atoms with Gasteiger partial charge in [-0.05, 0) is 49.7 Å². The zero-order valence-electron chi connectivity index (χ0n) is 16.3. The Hall–Kier alpha value is -1.48. The Kier molecular flexibility index (Phi) is 6.01. The van der Waals surface area contributed by atoms with Crippen LogP contribution in [0.15, 0.2) is 30.5 Å². The van der Waals surface area contributed by atoms with Crippen LogP contribution in [0.2, 0.25) is 0 Å². The Morgan fingerprint density at radius 1 is 1.11 bits per heavy atom. The molecule has 28 heavy (non-hydrogen) atoms. The topological polar surface area (TPSA) is 65.5 Å². The Morgan fingerprint density at radius 2 is 1.79 bits per heavy atom. The van der Waals surface area contributed by atoms with Crippen LogP contribution in [0.5, 0.6) is 0 Å². The van der Waals surface area contributed by atoms with Crippen molar-refractivity contribution in [2.24, 2.45) is 5.92 Å². The molecule has 6 nitrogen and oxygen atoms in total. The highest BCUT2D eigenvalue weighted by Crippen LogP contribution is 2.31. The summed E-state index contributed by atoms with van der Waals surface area (Å²) in [6.07, 6.45) is 5.70. The van der Waals surface area contributed by atoms with Crippen LogP contribution in [-0.2, 0) is 10.2 Å². The minimum atomic E-state index is -3.25. The molecule has 4 rings (SSSR count). The lowest BCUT2D eigenvalue weighted by atomic mass is 9.98. The first kappa shape index (κ1) is 19.8. The SMILES string of the molecule is Cc1ccccc1-c1cnc(NCC2CCN(S(=O)(=O)N3CCCC3)CC2)s1.